The molecule has 9 nitrogen and oxygen atoms in total. The van der Waals surface area contributed by atoms with Gasteiger partial charge in [0, 0.05) is 44.1 Å². The highest BCUT2D eigenvalue weighted by atomic mass is 19.1. The molecule has 2 aromatic carbocycles. The number of hydrogen-bond acceptors (Lipinski definition) is 6. The summed E-state index contributed by atoms with van der Waals surface area (Å²) in [5.74, 6) is -0.0813. The Morgan fingerprint density at radius 3 is 2.56 bits per heavy atom. The molecule has 2 aliphatic heterocycles. The predicted octanol–water partition coefficient (Wildman–Crippen LogP) is 2.50. The van der Waals surface area contributed by atoms with Crippen LogP contribution >= 0.6 is 0 Å². The van der Waals surface area contributed by atoms with Crippen LogP contribution in [0.4, 0.5) is 4.39 Å². The first kappa shape index (κ1) is 25.0. The predicted molar refractivity (Wildman–Crippen MR) is 142 cm³/mol. The number of benzene rings is 2. The maximum Gasteiger partial charge on any atom is 0.379 e. The molecule has 2 saturated heterocycles. The van der Waals surface area contributed by atoms with Gasteiger partial charge in [0.1, 0.15) is 5.82 Å². The number of amides is 1. The number of rotatable bonds is 6. The number of pyridine rings is 1. The highest BCUT2D eigenvalue weighted by Crippen LogP contribution is 2.33. The van der Waals surface area contributed by atoms with Gasteiger partial charge in [0.2, 0.25) is 5.69 Å². The fourth-order valence-corrected chi connectivity index (χ4v) is 5.92. The van der Waals surface area contributed by atoms with Gasteiger partial charge in [-0.3, -0.25) is 14.5 Å². The van der Waals surface area contributed by atoms with Crippen LogP contribution in [0.1, 0.15) is 27.3 Å². The van der Waals surface area contributed by atoms with Crippen molar-refractivity contribution in [3.8, 4) is 5.88 Å². The van der Waals surface area contributed by atoms with Gasteiger partial charge in [0.05, 0.1) is 36.4 Å². The molecular weight excluding hydrogens is 501 g/mol. The Bertz CT molecular complexity index is 1610. The van der Waals surface area contributed by atoms with Crippen molar-refractivity contribution in [3.63, 3.8) is 0 Å². The maximum absolute atomic E-state index is 14.9. The Morgan fingerprint density at radius 2 is 1.82 bits per heavy atom. The summed E-state index contributed by atoms with van der Waals surface area (Å²) in [7, 11) is 1.47. The van der Waals surface area contributed by atoms with Gasteiger partial charge in [-0.1, -0.05) is 24.3 Å². The molecule has 0 saturated carbocycles. The lowest BCUT2D eigenvalue weighted by molar-refractivity contribution is -0.621. The standard InChI is InChI=1S/C29H28FN5O4/c1-39-27-8-4-5-21(35(27)38)17-33-13-19-15-34(16-20(19)14-33)29(37)24-11-18(9-10-25(24)30)12-26-22-6-2-3-7-23(22)28(36)32-31-26/h2-11,19-20H,12-17H2,1H3,(H,32,36)/t19-,20?/m0/s1. The van der Waals surface area contributed by atoms with Crippen LogP contribution in [0.25, 0.3) is 10.8 Å². The lowest BCUT2D eigenvalue weighted by atomic mass is 10.0. The van der Waals surface area contributed by atoms with Crippen molar-refractivity contribution >= 4 is 16.7 Å². The summed E-state index contributed by atoms with van der Waals surface area (Å²) in [6.45, 7) is 3.13. The van der Waals surface area contributed by atoms with E-state index in [-0.39, 0.29) is 34.7 Å². The zero-order valence-electron chi connectivity index (χ0n) is 21.5. The molecule has 2 aliphatic rings. The zero-order chi connectivity index (χ0) is 27.1. The summed E-state index contributed by atoms with van der Waals surface area (Å²) in [6, 6.07) is 17.0. The number of H-pyrrole nitrogens is 1. The lowest BCUT2D eigenvalue weighted by Gasteiger charge is -2.22. The zero-order valence-corrected chi connectivity index (χ0v) is 21.5. The van der Waals surface area contributed by atoms with Crippen LogP contribution in [-0.2, 0) is 13.0 Å². The molecule has 10 heteroatoms. The van der Waals surface area contributed by atoms with Crippen molar-refractivity contribution in [2.24, 2.45) is 11.8 Å². The van der Waals surface area contributed by atoms with Gasteiger partial charge in [0.15, 0.2) is 0 Å². The molecule has 1 amide bonds. The third-order valence-corrected chi connectivity index (χ3v) is 7.84. The molecular formula is C29H28FN5O4. The van der Waals surface area contributed by atoms with E-state index in [9.17, 15) is 19.2 Å². The summed E-state index contributed by atoms with van der Waals surface area (Å²) < 4.78 is 20.8. The number of ether oxygens (including phenoxy) is 1. The van der Waals surface area contributed by atoms with E-state index in [2.05, 4.69) is 15.1 Å². The van der Waals surface area contributed by atoms with Crippen molar-refractivity contribution in [3.05, 3.63) is 105 Å². The molecule has 4 aromatic rings. The highest BCUT2D eigenvalue weighted by molar-refractivity contribution is 5.95. The second-order valence-electron chi connectivity index (χ2n) is 10.3. The lowest BCUT2D eigenvalue weighted by Crippen LogP contribution is -2.38. The first-order valence-electron chi connectivity index (χ1n) is 12.9. The molecule has 39 heavy (non-hydrogen) atoms. The molecule has 2 atom stereocenters. The average molecular weight is 530 g/mol. The van der Waals surface area contributed by atoms with Gasteiger partial charge >= 0.3 is 5.88 Å². The van der Waals surface area contributed by atoms with Crippen LogP contribution in [0.15, 0.2) is 65.5 Å². The van der Waals surface area contributed by atoms with Gasteiger partial charge < -0.3 is 14.8 Å². The van der Waals surface area contributed by atoms with Crippen LogP contribution in [0.3, 0.4) is 0 Å². The van der Waals surface area contributed by atoms with E-state index >= 15 is 0 Å². The number of nitrogens with one attached hydrogen (secondary N) is 1. The summed E-state index contributed by atoms with van der Waals surface area (Å²) in [4.78, 5) is 29.5. The summed E-state index contributed by atoms with van der Waals surface area (Å²) in [5.41, 5.74) is 1.78. The Kier molecular flexibility index (Phi) is 6.48. The van der Waals surface area contributed by atoms with E-state index in [4.69, 9.17) is 4.74 Å². The highest BCUT2D eigenvalue weighted by Gasteiger charge is 2.42. The van der Waals surface area contributed by atoms with Crippen molar-refractivity contribution in [2.75, 3.05) is 33.3 Å². The Morgan fingerprint density at radius 1 is 1.08 bits per heavy atom. The van der Waals surface area contributed by atoms with Crippen LogP contribution in [0.2, 0.25) is 0 Å². The number of halogens is 1. The van der Waals surface area contributed by atoms with E-state index in [0.717, 1.165) is 28.8 Å². The molecule has 2 aromatic heterocycles. The van der Waals surface area contributed by atoms with E-state index in [0.29, 0.717) is 42.8 Å². The molecule has 2 fully saturated rings. The van der Waals surface area contributed by atoms with Gasteiger partial charge in [-0.05, 0) is 41.7 Å². The van der Waals surface area contributed by atoms with Gasteiger partial charge in [-0.2, -0.15) is 5.10 Å². The minimum Gasteiger partial charge on any atom is -0.616 e. The molecule has 0 radical (unpaired) electrons. The van der Waals surface area contributed by atoms with E-state index in [1.165, 1.54) is 13.2 Å². The van der Waals surface area contributed by atoms with Crippen molar-refractivity contribution < 1.29 is 18.7 Å². The third kappa shape index (κ3) is 4.72. The number of nitrogens with zero attached hydrogens (tertiary/aromatic N) is 4. The first-order valence-corrected chi connectivity index (χ1v) is 12.9. The fourth-order valence-electron chi connectivity index (χ4n) is 5.92. The van der Waals surface area contributed by atoms with Crippen molar-refractivity contribution in [1.82, 2.24) is 20.0 Å². The second kappa shape index (κ2) is 10.1. The summed E-state index contributed by atoms with van der Waals surface area (Å²) in [5, 5.41) is 20.4. The van der Waals surface area contributed by atoms with Crippen molar-refractivity contribution in [2.45, 2.75) is 13.0 Å². The van der Waals surface area contributed by atoms with E-state index < -0.39 is 5.82 Å². The number of aromatic amines is 1. The normalized spacial score (nSPS) is 19.0. The van der Waals surface area contributed by atoms with Crippen LogP contribution < -0.4 is 15.0 Å². The molecule has 0 bridgehead atoms. The third-order valence-electron chi connectivity index (χ3n) is 7.84. The number of fused-ring (bicyclic) bond motifs is 2. The average Bonchev–Trinajstić information content (AvgIpc) is 3.51. The molecule has 0 aliphatic carbocycles. The van der Waals surface area contributed by atoms with Crippen LogP contribution in [0.5, 0.6) is 5.88 Å². The van der Waals surface area contributed by atoms with E-state index in [1.807, 2.05) is 12.1 Å². The Labute approximate surface area is 224 Å². The smallest absolute Gasteiger partial charge is 0.379 e. The molecule has 6 rings (SSSR count). The van der Waals surface area contributed by atoms with Crippen LogP contribution in [-0.4, -0.2) is 59.2 Å². The van der Waals surface area contributed by atoms with E-state index in [1.54, 1.807) is 47.4 Å². The largest absolute Gasteiger partial charge is 0.616 e. The SMILES string of the molecule is COc1cccc(CN2CC3CN(C(=O)c4cc(Cc5n[nH]c(=O)c6ccccc56)ccc4F)C[C@@H]3C2)[n+]1[O-]. The maximum atomic E-state index is 14.9. The topological polar surface area (TPSA) is 105 Å². The number of likely N-dealkylation sites (tertiary alicyclic amines) is 2. The number of hydrogen-bond donors (Lipinski definition) is 1. The Hall–Kier alpha value is -4.31. The monoisotopic (exact) mass is 529 g/mol. The molecule has 1 N–H and O–H groups in total. The first-order chi connectivity index (χ1) is 18.9. The minimum atomic E-state index is -0.556. The molecule has 1 unspecified atom stereocenters. The quantitative estimate of drug-likeness (QED) is 0.304. The number of methoxy groups -OCH3 is 1. The number of aromatic nitrogens is 3. The van der Waals surface area contributed by atoms with Gasteiger partial charge in [-0.25, -0.2) is 9.49 Å². The summed E-state index contributed by atoms with van der Waals surface area (Å²) >= 11 is 0. The number of carbonyl (C=O) groups is 1. The van der Waals surface area contributed by atoms with Crippen molar-refractivity contribution in [1.29, 1.82) is 0 Å². The second-order valence-corrected chi connectivity index (χ2v) is 10.3. The van der Waals surface area contributed by atoms with Gasteiger partial charge in [-0.15, -0.1) is 4.73 Å². The Balaban J connectivity index is 1.14. The number of carbonyl (C=O) groups excluding carboxylic acids is 1. The fraction of sp³-hybridized carbons (Fsp3) is 0.310. The van der Waals surface area contributed by atoms with Crippen LogP contribution in [0, 0.1) is 22.9 Å². The molecule has 200 valence electrons. The molecule has 4 heterocycles. The summed E-state index contributed by atoms with van der Waals surface area (Å²) in [6.07, 6.45) is 0.349. The van der Waals surface area contributed by atoms with Gasteiger partial charge in [0.25, 0.3) is 11.5 Å². The minimum absolute atomic E-state index is 0.0434. The molecule has 0 spiro atoms.